The molecule has 0 aromatic carbocycles. The SMILES string of the molecule is CCCCCN(C)C(=O)C1COCC1NC. The van der Waals surface area contributed by atoms with Gasteiger partial charge in [0.25, 0.3) is 0 Å². The molecule has 0 radical (unpaired) electrons. The second kappa shape index (κ2) is 6.86. The van der Waals surface area contributed by atoms with E-state index in [9.17, 15) is 4.79 Å². The summed E-state index contributed by atoms with van der Waals surface area (Å²) in [6.07, 6.45) is 3.47. The molecule has 2 atom stereocenters. The summed E-state index contributed by atoms with van der Waals surface area (Å²) in [6, 6.07) is 0.182. The highest BCUT2D eigenvalue weighted by Gasteiger charge is 2.34. The fourth-order valence-corrected chi connectivity index (χ4v) is 2.07. The van der Waals surface area contributed by atoms with Gasteiger partial charge in [0.1, 0.15) is 0 Å². The van der Waals surface area contributed by atoms with Crippen molar-refractivity contribution in [1.29, 1.82) is 0 Å². The van der Waals surface area contributed by atoms with Crippen molar-refractivity contribution in [2.45, 2.75) is 32.2 Å². The Morgan fingerprint density at radius 2 is 2.19 bits per heavy atom. The number of rotatable bonds is 6. The molecule has 0 aromatic heterocycles. The average Bonchev–Trinajstić information content (AvgIpc) is 2.76. The minimum absolute atomic E-state index is 0.00312. The highest BCUT2D eigenvalue weighted by atomic mass is 16.5. The normalized spacial score (nSPS) is 24.7. The second-order valence-corrected chi connectivity index (χ2v) is 4.51. The summed E-state index contributed by atoms with van der Waals surface area (Å²) in [5.41, 5.74) is 0. The first-order valence-electron chi connectivity index (χ1n) is 6.20. The monoisotopic (exact) mass is 228 g/mol. The lowest BCUT2D eigenvalue weighted by atomic mass is 10.0. The maximum Gasteiger partial charge on any atom is 0.229 e. The van der Waals surface area contributed by atoms with Crippen molar-refractivity contribution in [2.75, 3.05) is 33.9 Å². The summed E-state index contributed by atoms with van der Waals surface area (Å²) in [5, 5.41) is 3.14. The predicted octanol–water partition coefficient (Wildman–Crippen LogP) is 0.869. The van der Waals surface area contributed by atoms with Gasteiger partial charge in [-0.25, -0.2) is 0 Å². The number of likely N-dealkylation sites (N-methyl/N-ethyl adjacent to an activating group) is 1. The maximum atomic E-state index is 12.1. The number of hydrogen-bond acceptors (Lipinski definition) is 3. The van der Waals surface area contributed by atoms with Gasteiger partial charge in [-0.2, -0.15) is 0 Å². The van der Waals surface area contributed by atoms with Crippen molar-refractivity contribution >= 4 is 5.91 Å². The maximum absolute atomic E-state index is 12.1. The van der Waals surface area contributed by atoms with Gasteiger partial charge in [0.15, 0.2) is 0 Å². The highest BCUT2D eigenvalue weighted by Crippen LogP contribution is 2.16. The zero-order valence-corrected chi connectivity index (χ0v) is 10.7. The Kier molecular flexibility index (Phi) is 5.77. The molecule has 1 fully saturated rings. The van der Waals surface area contributed by atoms with Gasteiger partial charge in [-0.1, -0.05) is 19.8 Å². The van der Waals surface area contributed by atoms with Gasteiger partial charge in [0, 0.05) is 19.6 Å². The van der Waals surface area contributed by atoms with Crippen LogP contribution < -0.4 is 5.32 Å². The zero-order valence-electron chi connectivity index (χ0n) is 10.7. The van der Waals surface area contributed by atoms with Gasteiger partial charge < -0.3 is 15.0 Å². The Morgan fingerprint density at radius 3 is 2.81 bits per heavy atom. The van der Waals surface area contributed by atoms with Crippen LogP contribution in [0.1, 0.15) is 26.2 Å². The van der Waals surface area contributed by atoms with E-state index in [1.807, 2.05) is 19.0 Å². The molecule has 1 heterocycles. The van der Waals surface area contributed by atoms with Crippen molar-refractivity contribution in [3.05, 3.63) is 0 Å². The van der Waals surface area contributed by atoms with E-state index in [1.165, 1.54) is 12.8 Å². The first kappa shape index (κ1) is 13.5. The molecule has 4 nitrogen and oxygen atoms in total. The molecule has 0 aromatic rings. The van der Waals surface area contributed by atoms with Crippen LogP contribution >= 0.6 is 0 Å². The number of ether oxygens (including phenoxy) is 1. The largest absolute Gasteiger partial charge is 0.379 e. The van der Waals surface area contributed by atoms with Gasteiger partial charge in [0.05, 0.1) is 19.1 Å². The fourth-order valence-electron chi connectivity index (χ4n) is 2.07. The van der Waals surface area contributed by atoms with Crippen LogP contribution in [0.5, 0.6) is 0 Å². The third-order valence-corrected chi connectivity index (χ3v) is 3.24. The van der Waals surface area contributed by atoms with Crippen molar-refractivity contribution in [1.82, 2.24) is 10.2 Å². The Morgan fingerprint density at radius 1 is 1.44 bits per heavy atom. The molecule has 0 saturated carbocycles. The first-order valence-corrected chi connectivity index (χ1v) is 6.20. The summed E-state index contributed by atoms with van der Waals surface area (Å²) in [7, 11) is 3.78. The number of carbonyl (C=O) groups excluding carboxylic acids is 1. The lowest BCUT2D eigenvalue weighted by molar-refractivity contribution is -0.134. The molecule has 2 unspecified atom stereocenters. The van der Waals surface area contributed by atoms with Crippen molar-refractivity contribution < 1.29 is 9.53 Å². The van der Waals surface area contributed by atoms with Crippen LogP contribution in [0.4, 0.5) is 0 Å². The van der Waals surface area contributed by atoms with Gasteiger partial charge in [0.2, 0.25) is 5.91 Å². The van der Waals surface area contributed by atoms with Gasteiger partial charge in [-0.15, -0.1) is 0 Å². The molecule has 94 valence electrons. The van der Waals surface area contributed by atoms with E-state index in [1.54, 1.807) is 0 Å². The molecule has 1 aliphatic rings. The number of carbonyl (C=O) groups is 1. The number of nitrogens with zero attached hydrogens (tertiary/aromatic N) is 1. The molecule has 4 heteroatoms. The predicted molar refractivity (Wildman–Crippen MR) is 64.3 cm³/mol. The molecule has 1 saturated heterocycles. The van der Waals surface area contributed by atoms with E-state index in [0.717, 1.165) is 13.0 Å². The van der Waals surface area contributed by atoms with Gasteiger partial charge in [-0.05, 0) is 13.5 Å². The smallest absolute Gasteiger partial charge is 0.229 e. The number of hydrogen-bond donors (Lipinski definition) is 1. The first-order chi connectivity index (χ1) is 7.70. The highest BCUT2D eigenvalue weighted by molar-refractivity contribution is 5.79. The second-order valence-electron chi connectivity index (χ2n) is 4.51. The van der Waals surface area contributed by atoms with Crippen LogP contribution in [0.25, 0.3) is 0 Å². The molecule has 1 aliphatic heterocycles. The van der Waals surface area contributed by atoms with Crippen molar-refractivity contribution in [3.8, 4) is 0 Å². The van der Waals surface area contributed by atoms with Crippen LogP contribution in [-0.4, -0.2) is 50.7 Å². The molecular weight excluding hydrogens is 204 g/mol. The number of amides is 1. The minimum Gasteiger partial charge on any atom is -0.379 e. The Bertz CT molecular complexity index is 221. The third kappa shape index (κ3) is 3.46. The van der Waals surface area contributed by atoms with Crippen LogP contribution in [0.3, 0.4) is 0 Å². The van der Waals surface area contributed by atoms with Crippen LogP contribution in [0.2, 0.25) is 0 Å². The average molecular weight is 228 g/mol. The zero-order chi connectivity index (χ0) is 12.0. The Balaban J connectivity index is 2.37. The fraction of sp³-hybridized carbons (Fsp3) is 0.917. The summed E-state index contributed by atoms with van der Waals surface area (Å²) < 4.78 is 5.35. The molecule has 1 N–H and O–H groups in total. The molecule has 1 amide bonds. The quantitative estimate of drug-likeness (QED) is 0.686. The third-order valence-electron chi connectivity index (χ3n) is 3.24. The number of unbranched alkanes of at least 4 members (excludes halogenated alkanes) is 2. The molecule has 0 aliphatic carbocycles. The molecule has 0 bridgehead atoms. The topological polar surface area (TPSA) is 41.6 Å². The van der Waals surface area contributed by atoms with Crippen LogP contribution in [0, 0.1) is 5.92 Å². The van der Waals surface area contributed by atoms with Gasteiger partial charge in [-0.3, -0.25) is 4.79 Å². The van der Waals surface area contributed by atoms with E-state index in [2.05, 4.69) is 12.2 Å². The summed E-state index contributed by atoms with van der Waals surface area (Å²) >= 11 is 0. The van der Waals surface area contributed by atoms with E-state index in [4.69, 9.17) is 4.74 Å². The lowest BCUT2D eigenvalue weighted by Crippen LogP contribution is -2.43. The van der Waals surface area contributed by atoms with E-state index in [-0.39, 0.29) is 17.9 Å². The van der Waals surface area contributed by atoms with Crippen molar-refractivity contribution in [3.63, 3.8) is 0 Å². The molecular formula is C12H24N2O2. The summed E-state index contributed by atoms with van der Waals surface area (Å²) in [6.45, 7) is 4.24. The van der Waals surface area contributed by atoms with E-state index < -0.39 is 0 Å². The molecule has 0 spiro atoms. The van der Waals surface area contributed by atoms with Gasteiger partial charge >= 0.3 is 0 Å². The minimum atomic E-state index is -0.00312. The number of nitrogens with one attached hydrogen (secondary N) is 1. The summed E-state index contributed by atoms with van der Waals surface area (Å²) in [4.78, 5) is 14.0. The Labute approximate surface area is 98.3 Å². The molecule has 16 heavy (non-hydrogen) atoms. The summed E-state index contributed by atoms with van der Waals surface area (Å²) in [5.74, 6) is 0.213. The lowest BCUT2D eigenvalue weighted by Gasteiger charge is -2.23. The standard InChI is InChI=1S/C12H24N2O2/c1-4-5-6-7-14(3)12(15)10-8-16-9-11(10)13-2/h10-11,13H,4-9H2,1-3H3. The van der Waals surface area contributed by atoms with Crippen molar-refractivity contribution in [2.24, 2.45) is 5.92 Å². The molecule has 1 rings (SSSR count). The van der Waals surface area contributed by atoms with Crippen LogP contribution in [-0.2, 0) is 9.53 Å². The Hall–Kier alpha value is -0.610. The van der Waals surface area contributed by atoms with E-state index >= 15 is 0 Å². The van der Waals surface area contributed by atoms with E-state index in [0.29, 0.717) is 13.2 Å². The van der Waals surface area contributed by atoms with Crippen LogP contribution in [0.15, 0.2) is 0 Å².